The molecule has 0 spiro atoms. The van der Waals surface area contributed by atoms with Crippen LogP contribution in [-0.4, -0.2) is 24.1 Å². The van der Waals surface area contributed by atoms with Crippen LogP contribution < -0.4 is 0 Å². The predicted molar refractivity (Wildman–Crippen MR) is 289 cm³/mol. The zero-order chi connectivity index (χ0) is 45.4. The minimum atomic E-state index is 0.621. The van der Waals surface area contributed by atoms with E-state index in [1.807, 2.05) is 35.6 Å². The highest BCUT2D eigenvalue weighted by atomic mass is 32.1. The van der Waals surface area contributed by atoms with Crippen LogP contribution in [0.1, 0.15) is 0 Å². The molecular formula is C63H39N5S. The Hall–Kier alpha value is -8.97. The van der Waals surface area contributed by atoms with Gasteiger partial charge in [-0.2, -0.15) is 0 Å². The number of benzene rings is 10. The number of hydrogen-bond acceptors (Lipinski definition) is 4. The molecule has 0 saturated heterocycles. The van der Waals surface area contributed by atoms with E-state index in [0.717, 1.165) is 44.7 Å². The zero-order valence-corrected chi connectivity index (χ0v) is 38.0. The molecule has 4 aromatic heterocycles. The Bertz CT molecular complexity index is 4280. The molecule has 10 aromatic carbocycles. The van der Waals surface area contributed by atoms with E-state index in [2.05, 4.69) is 221 Å². The Labute approximate surface area is 401 Å². The van der Waals surface area contributed by atoms with Gasteiger partial charge in [0.1, 0.15) is 0 Å². The number of nitrogens with zero attached hydrogens (tertiary/aromatic N) is 5. The molecule has 6 heteroatoms. The van der Waals surface area contributed by atoms with Gasteiger partial charge >= 0.3 is 0 Å². The fraction of sp³-hybridized carbons (Fsp3) is 0. The SMILES string of the molecule is c1ccc(-c2cccc(-n3c4ccccc4c4ccc5c6ccc7c8ccccc8n(-c8ccc(-c9nc(-c%10ccccc%10)nc(-c%10ccccc%10-c%10ccccc%10)n9)cc8)c7c6sc5c43)c2)cc1. The van der Waals surface area contributed by atoms with Crippen LogP contribution >= 0.6 is 11.3 Å². The van der Waals surface area contributed by atoms with E-state index in [1.165, 1.54) is 69.4 Å². The average molecular weight is 898 g/mol. The fourth-order valence-electron chi connectivity index (χ4n) is 10.4. The van der Waals surface area contributed by atoms with Crippen molar-refractivity contribution in [3.63, 3.8) is 0 Å². The van der Waals surface area contributed by atoms with E-state index < -0.39 is 0 Å². The predicted octanol–water partition coefficient (Wildman–Crippen LogP) is 16.8. The van der Waals surface area contributed by atoms with Crippen molar-refractivity contribution in [1.29, 1.82) is 0 Å². The molecule has 0 unspecified atom stereocenters. The Morgan fingerprint density at radius 3 is 1.33 bits per heavy atom. The van der Waals surface area contributed by atoms with Crippen LogP contribution in [0.4, 0.5) is 0 Å². The van der Waals surface area contributed by atoms with Crippen LogP contribution in [0.25, 0.3) is 132 Å². The second-order valence-electron chi connectivity index (χ2n) is 17.5. The lowest BCUT2D eigenvalue weighted by Crippen LogP contribution is -2.01. The van der Waals surface area contributed by atoms with Crippen LogP contribution in [0, 0.1) is 0 Å². The van der Waals surface area contributed by atoms with Crippen LogP contribution in [-0.2, 0) is 0 Å². The molecule has 0 bridgehead atoms. The molecule has 14 rings (SSSR count). The molecule has 0 amide bonds. The Morgan fingerprint density at radius 2 is 0.725 bits per heavy atom. The van der Waals surface area contributed by atoms with Crippen LogP contribution in [0.5, 0.6) is 0 Å². The molecule has 69 heavy (non-hydrogen) atoms. The summed E-state index contributed by atoms with van der Waals surface area (Å²) in [6.45, 7) is 0. The third kappa shape index (κ3) is 6.34. The molecule has 0 fully saturated rings. The van der Waals surface area contributed by atoms with Gasteiger partial charge in [0.2, 0.25) is 0 Å². The second kappa shape index (κ2) is 15.8. The van der Waals surface area contributed by atoms with E-state index in [0.29, 0.717) is 17.5 Å². The zero-order valence-electron chi connectivity index (χ0n) is 37.2. The minimum absolute atomic E-state index is 0.621. The Morgan fingerprint density at radius 1 is 0.275 bits per heavy atom. The molecule has 0 N–H and O–H groups in total. The fourth-order valence-corrected chi connectivity index (χ4v) is 11.8. The molecule has 0 aliphatic heterocycles. The summed E-state index contributed by atoms with van der Waals surface area (Å²) in [5, 5.41) is 7.46. The Kier molecular flexibility index (Phi) is 9.00. The van der Waals surface area contributed by atoms with Gasteiger partial charge in [0.25, 0.3) is 0 Å². The molecule has 0 aliphatic carbocycles. The number of para-hydroxylation sites is 2. The summed E-state index contributed by atoms with van der Waals surface area (Å²) in [6.07, 6.45) is 0. The van der Waals surface area contributed by atoms with Gasteiger partial charge in [-0.25, -0.2) is 15.0 Å². The Balaban J connectivity index is 0.960. The van der Waals surface area contributed by atoms with E-state index in [9.17, 15) is 0 Å². The molecule has 0 aliphatic rings. The quantitative estimate of drug-likeness (QED) is 0.160. The van der Waals surface area contributed by atoms with Gasteiger partial charge in [-0.15, -0.1) is 11.3 Å². The molecular weight excluding hydrogens is 859 g/mol. The van der Waals surface area contributed by atoms with Gasteiger partial charge in [0.05, 0.1) is 31.5 Å². The number of hydrogen-bond donors (Lipinski definition) is 0. The van der Waals surface area contributed by atoms with Gasteiger partial charge in [-0.3, -0.25) is 0 Å². The lowest BCUT2D eigenvalue weighted by Gasteiger charge is -2.13. The molecule has 0 atom stereocenters. The van der Waals surface area contributed by atoms with Gasteiger partial charge in [-0.1, -0.05) is 188 Å². The highest BCUT2D eigenvalue weighted by Crippen LogP contribution is 2.47. The number of aromatic nitrogens is 5. The third-order valence-electron chi connectivity index (χ3n) is 13.6. The minimum Gasteiger partial charge on any atom is -0.308 e. The largest absolute Gasteiger partial charge is 0.308 e. The van der Waals surface area contributed by atoms with Crippen LogP contribution in [0.2, 0.25) is 0 Å². The first kappa shape index (κ1) is 39.2. The standard InChI is InChI=1S/C63H39N5S/c1-4-17-40(18-5-1)44-23-16-24-46(39-44)68-56-30-15-13-27-49(56)51-36-38-53-52-37-35-50-48-26-12-14-29-55(48)67(57(50)59(52)69-60(53)58(51)68)45-33-31-43(32-34-45)62-64-61(42-21-8-3-9-22-42)65-63(66-62)54-28-11-10-25-47(54)41-19-6-2-7-20-41/h1-39H. The maximum Gasteiger partial charge on any atom is 0.164 e. The lowest BCUT2D eigenvalue weighted by atomic mass is 9.99. The maximum absolute atomic E-state index is 5.20. The van der Waals surface area contributed by atoms with Gasteiger partial charge in [0.15, 0.2) is 17.5 Å². The lowest BCUT2D eigenvalue weighted by molar-refractivity contribution is 1.07. The highest BCUT2D eigenvalue weighted by Gasteiger charge is 2.23. The summed E-state index contributed by atoms with van der Waals surface area (Å²) in [6, 6.07) is 84.3. The van der Waals surface area contributed by atoms with Crippen molar-refractivity contribution < 1.29 is 0 Å². The van der Waals surface area contributed by atoms with E-state index >= 15 is 0 Å². The summed E-state index contributed by atoms with van der Waals surface area (Å²) in [5.74, 6) is 1.89. The molecule has 0 saturated carbocycles. The summed E-state index contributed by atoms with van der Waals surface area (Å²) < 4.78 is 7.47. The second-order valence-corrected chi connectivity index (χ2v) is 18.6. The normalized spacial score (nSPS) is 11.8. The molecule has 14 aromatic rings. The number of fused-ring (bicyclic) bond motifs is 11. The van der Waals surface area contributed by atoms with Crippen molar-refractivity contribution in [1.82, 2.24) is 24.1 Å². The van der Waals surface area contributed by atoms with Gasteiger partial charge in [0, 0.05) is 60.4 Å². The summed E-state index contributed by atoms with van der Waals surface area (Å²) >= 11 is 1.90. The maximum atomic E-state index is 5.20. The number of thiophene rings is 1. The molecule has 0 radical (unpaired) electrons. The first-order chi connectivity index (χ1) is 34.2. The van der Waals surface area contributed by atoms with Crippen molar-refractivity contribution >= 4 is 75.1 Å². The monoisotopic (exact) mass is 897 g/mol. The average Bonchev–Trinajstić information content (AvgIpc) is 4.10. The van der Waals surface area contributed by atoms with Crippen LogP contribution in [0.3, 0.4) is 0 Å². The smallest absolute Gasteiger partial charge is 0.164 e. The van der Waals surface area contributed by atoms with E-state index in [-0.39, 0.29) is 0 Å². The first-order valence-corrected chi connectivity index (χ1v) is 24.1. The number of rotatable bonds is 7. The topological polar surface area (TPSA) is 48.5 Å². The summed E-state index contributed by atoms with van der Waals surface area (Å²) in [5.41, 5.74) is 14.4. The first-order valence-electron chi connectivity index (χ1n) is 23.3. The third-order valence-corrected chi connectivity index (χ3v) is 14.8. The highest BCUT2D eigenvalue weighted by molar-refractivity contribution is 7.27. The van der Waals surface area contributed by atoms with Gasteiger partial charge < -0.3 is 9.13 Å². The van der Waals surface area contributed by atoms with E-state index in [4.69, 9.17) is 15.0 Å². The van der Waals surface area contributed by atoms with E-state index in [1.54, 1.807) is 0 Å². The van der Waals surface area contributed by atoms with Gasteiger partial charge in [-0.05, 0) is 70.8 Å². The van der Waals surface area contributed by atoms with Crippen molar-refractivity contribution in [2.24, 2.45) is 0 Å². The van der Waals surface area contributed by atoms with Crippen molar-refractivity contribution in [3.8, 4) is 67.8 Å². The summed E-state index contributed by atoms with van der Waals surface area (Å²) in [7, 11) is 0. The molecule has 4 heterocycles. The molecule has 322 valence electrons. The molecule has 5 nitrogen and oxygen atoms in total. The van der Waals surface area contributed by atoms with Crippen molar-refractivity contribution in [2.45, 2.75) is 0 Å². The van der Waals surface area contributed by atoms with Crippen LogP contribution in [0.15, 0.2) is 237 Å². The van der Waals surface area contributed by atoms with Crippen molar-refractivity contribution in [3.05, 3.63) is 237 Å². The van der Waals surface area contributed by atoms with Crippen molar-refractivity contribution in [2.75, 3.05) is 0 Å². The summed E-state index contributed by atoms with van der Waals surface area (Å²) in [4.78, 5) is 15.4.